The van der Waals surface area contributed by atoms with Crippen molar-refractivity contribution in [2.75, 3.05) is 38.0 Å². The molecule has 7 rings (SSSR count). The van der Waals surface area contributed by atoms with Gasteiger partial charge in [-0.2, -0.15) is 0 Å². The summed E-state index contributed by atoms with van der Waals surface area (Å²) in [5.74, 6) is -1.47. The predicted molar refractivity (Wildman–Crippen MR) is 231 cm³/mol. The molecule has 3 atom stereocenters. The molecule has 3 aliphatic heterocycles. The van der Waals surface area contributed by atoms with E-state index in [1.54, 1.807) is 60.0 Å². The van der Waals surface area contributed by atoms with Crippen LogP contribution in [0, 0.1) is 0 Å². The average molecular weight is 882 g/mol. The third kappa shape index (κ3) is 9.18. The van der Waals surface area contributed by atoms with Crippen molar-refractivity contribution in [2.45, 2.75) is 83.9 Å². The van der Waals surface area contributed by atoms with E-state index in [4.69, 9.17) is 30.7 Å². The van der Waals surface area contributed by atoms with Gasteiger partial charge >= 0.3 is 24.2 Å². The zero-order valence-electron chi connectivity index (χ0n) is 35.7. The molecule has 8 N–H and O–H groups in total. The lowest BCUT2D eigenvalue weighted by Gasteiger charge is -2.33. The van der Waals surface area contributed by atoms with Crippen LogP contribution in [0.2, 0.25) is 0 Å². The van der Waals surface area contributed by atoms with Crippen LogP contribution >= 0.6 is 0 Å². The molecule has 4 aromatic rings. The van der Waals surface area contributed by atoms with E-state index in [2.05, 4.69) is 16.0 Å². The monoisotopic (exact) mass is 881 g/mol. The number of nitrogens with two attached hydrogens (primary N) is 2. The first kappa shape index (κ1) is 45.0. The Labute approximate surface area is 367 Å². The van der Waals surface area contributed by atoms with Crippen LogP contribution in [0.1, 0.15) is 67.9 Å². The molecule has 20 heteroatoms. The van der Waals surface area contributed by atoms with E-state index < -0.39 is 53.7 Å². The van der Waals surface area contributed by atoms with E-state index >= 15 is 0 Å². The summed E-state index contributed by atoms with van der Waals surface area (Å²) in [4.78, 5) is 96.7. The van der Waals surface area contributed by atoms with Crippen molar-refractivity contribution in [1.82, 2.24) is 30.0 Å². The van der Waals surface area contributed by atoms with Gasteiger partial charge in [-0.25, -0.2) is 24.2 Å². The van der Waals surface area contributed by atoms with Gasteiger partial charge in [0, 0.05) is 54.9 Å². The number of aryl methyl sites for hydroxylation is 1. The van der Waals surface area contributed by atoms with Gasteiger partial charge in [-0.15, -0.1) is 0 Å². The molecule has 338 valence electrons. The highest BCUT2D eigenvalue weighted by Crippen LogP contribution is 2.41. The minimum absolute atomic E-state index is 0.0402. The maximum atomic E-state index is 13.7. The summed E-state index contributed by atoms with van der Waals surface area (Å²) in [5.41, 5.74) is 13.5. The second-order valence-electron chi connectivity index (χ2n) is 15.9. The van der Waals surface area contributed by atoms with Crippen molar-refractivity contribution in [3.05, 3.63) is 86.7 Å². The van der Waals surface area contributed by atoms with Gasteiger partial charge in [0.25, 0.3) is 5.56 Å². The fourth-order valence-electron chi connectivity index (χ4n) is 8.08. The number of nitrogens with zero attached hydrogens (tertiary/aromatic N) is 4. The fraction of sp³-hybridized carbons (Fsp3) is 0.409. The van der Waals surface area contributed by atoms with Crippen LogP contribution < -0.4 is 37.7 Å². The van der Waals surface area contributed by atoms with Crippen LogP contribution in [0.4, 0.5) is 20.1 Å². The topological polar surface area (TPSA) is 280 Å². The summed E-state index contributed by atoms with van der Waals surface area (Å²) >= 11 is 0. The quantitative estimate of drug-likeness (QED) is 0.0733. The molecule has 6 amide bonds. The zero-order valence-corrected chi connectivity index (χ0v) is 35.7. The Hall–Kier alpha value is -7.06. The van der Waals surface area contributed by atoms with Crippen LogP contribution in [0.25, 0.3) is 22.3 Å². The smallest absolute Gasteiger partial charge is 0.415 e. The van der Waals surface area contributed by atoms with Gasteiger partial charge < -0.3 is 61.1 Å². The van der Waals surface area contributed by atoms with Crippen LogP contribution in [0.15, 0.2) is 53.3 Å². The Bertz CT molecular complexity index is 2570. The molecule has 1 saturated heterocycles. The summed E-state index contributed by atoms with van der Waals surface area (Å²) in [7, 11) is 0. The Kier molecular flexibility index (Phi) is 13.2. The lowest BCUT2D eigenvalue weighted by Crippen LogP contribution is -2.51. The van der Waals surface area contributed by atoms with E-state index in [0.717, 1.165) is 16.5 Å². The number of primary amides is 1. The van der Waals surface area contributed by atoms with Gasteiger partial charge in [-0.05, 0) is 80.1 Å². The number of nitrogens with one attached hydrogen (secondary N) is 3. The van der Waals surface area contributed by atoms with E-state index in [-0.39, 0.29) is 82.0 Å². The largest absolute Gasteiger partial charge is 0.458 e. The number of pyridine rings is 2. The number of piperazine rings is 1. The summed E-state index contributed by atoms with van der Waals surface area (Å²) in [6.45, 7) is 6.18. The molecule has 3 aliphatic rings. The first-order chi connectivity index (χ1) is 30.6. The number of aliphatic hydroxyl groups is 1. The number of ether oxygens (including phenoxy) is 3. The first-order valence-corrected chi connectivity index (χ1v) is 21.1. The number of amides is 6. The number of hydrogen-bond acceptors (Lipinski definition) is 13. The van der Waals surface area contributed by atoms with Gasteiger partial charge in [0.1, 0.15) is 25.0 Å². The van der Waals surface area contributed by atoms with Gasteiger partial charge in [0.05, 0.1) is 35.1 Å². The second kappa shape index (κ2) is 18.7. The predicted octanol–water partition coefficient (Wildman–Crippen LogP) is 2.31. The molecular weight excluding hydrogens is 831 g/mol. The normalized spacial score (nSPS) is 17.3. The number of fused-ring (bicyclic) bond motifs is 5. The third-order valence-electron chi connectivity index (χ3n) is 11.7. The van der Waals surface area contributed by atoms with E-state index in [1.807, 2.05) is 6.92 Å². The number of rotatable bonds is 13. The number of benzene rings is 2. The Balaban J connectivity index is 0.921. The van der Waals surface area contributed by atoms with E-state index in [1.165, 1.54) is 16.7 Å². The number of anilines is 1. The molecule has 0 unspecified atom stereocenters. The van der Waals surface area contributed by atoms with Gasteiger partial charge in [0.2, 0.25) is 11.8 Å². The number of urea groups is 1. The van der Waals surface area contributed by atoms with Gasteiger partial charge in [-0.1, -0.05) is 26.0 Å². The number of carbonyl (C=O) groups excluding carboxylic acids is 6. The molecule has 0 aliphatic carbocycles. The lowest BCUT2D eigenvalue weighted by atomic mass is 9.86. The minimum atomic E-state index is -1.93. The molecule has 1 fully saturated rings. The number of aromatic nitrogens is 2. The molecule has 0 radical (unpaired) electrons. The maximum Gasteiger partial charge on any atom is 0.415 e. The SMILES string of the molecule is CCc1c2c(nc3ccc(OC(=O)N4CCN(C(=O)OCc5ccc(NC(=O)[C@H](CCCNC(N)=O)NC(=O)[C@H](C)N)cc5)CC4)cc13)-c1cc3c(c(=O)n1C2)COC(=O)[C@]3(O)CC. The first-order valence-electron chi connectivity index (χ1n) is 21.1. The van der Waals surface area contributed by atoms with Crippen LogP contribution in [-0.4, -0.2) is 105 Å². The molecule has 0 saturated carbocycles. The molecule has 20 nitrogen and oxygen atoms in total. The molecule has 2 aromatic carbocycles. The lowest BCUT2D eigenvalue weighted by molar-refractivity contribution is -0.172. The molecule has 0 spiro atoms. The van der Waals surface area contributed by atoms with E-state index in [0.29, 0.717) is 46.7 Å². The van der Waals surface area contributed by atoms with Crippen molar-refractivity contribution in [3.63, 3.8) is 0 Å². The van der Waals surface area contributed by atoms with Crippen LogP contribution in [0.3, 0.4) is 0 Å². The maximum absolute atomic E-state index is 13.7. The highest BCUT2D eigenvalue weighted by molar-refractivity contribution is 5.98. The van der Waals surface area contributed by atoms with Crippen LogP contribution in [-0.2, 0) is 55.6 Å². The highest BCUT2D eigenvalue weighted by atomic mass is 16.6. The summed E-state index contributed by atoms with van der Waals surface area (Å²) in [6, 6.07) is 11.0. The molecule has 64 heavy (non-hydrogen) atoms. The van der Waals surface area contributed by atoms with Crippen molar-refractivity contribution in [1.29, 1.82) is 0 Å². The Morgan fingerprint density at radius 1 is 0.953 bits per heavy atom. The second-order valence-corrected chi connectivity index (χ2v) is 15.9. The Morgan fingerprint density at radius 3 is 2.31 bits per heavy atom. The van der Waals surface area contributed by atoms with Gasteiger partial charge in [-0.3, -0.25) is 14.4 Å². The summed E-state index contributed by atoms with van der Waals surface area (Å²) < 4.78 is 18.1. The fourth-order valence-corrected chi connectivity index (χ4v) is 8.08. The number of carbonyl (C=O) groups is 6. The summed E-state index contributed by atoms with van der Waals surface area (Å²) in [5, 5.41) is 19.8. The van der Waals surface area contributed by atoms with Crippen molar-refractivity contribution < 1.29 is 48.1 Å². The highest BCUT2D eigenvalue weighted by Gasteiger charge is 2.45. The number of esters is 1. The molecule has 5 heterocycles. The van der Waals surface area contributed by atoms with E-state index in [9.17, 15) is 38.7 Å². The molecule has 2 aromatic heterocycles. The molecular formula is C44H51N9O11. The average Bonchev–Trinajstić information content (AvgIpc) is 3.65. The van der Waals surface area contributed by atoms with Crippen LogP contribution in [0.5, 0.6) is 5.75 Å². The third-order valence-corrected chi connectivity index (χ3v) is 11.7. The van der Waals surface area contributed by atoms with Gasteiger partial charge in [0.15, 0.2) is 5.60 Å². The van der Waals surface area contributed by atoms with Crippen molar-refractivity contribution in [3.8, 4) is 17.1 Å². The molecule has 0 bridgehead atoms. The van der Waals surface area contributed by atoms with Crippen molar-refractivity contribution in [2.24, 2.45) is 11.5 Å². The number of cyclic esters (lactones) is 1. The standard InChI is InChI=1S/C44H51N9O11/c1-4-28-29-19-27(12-13-33(29)49-36-30(28)21-53-35(36)20-32-31(39(53)56)23-62-40(57)44(32,61)5-2)64-43(60)52-17-15-51(16-18-52)42(59)63-22-25-8-10-26(11-9-25)48-38(55)34(50-37(54)24(3)45)7-6-14-47-41(46)58/h8-13,19-20,24,34,61H,4-7,14-18,21-23,45H2,1-3H3,(H,48,55)(H,50,54)(H3,46,47,58)/t24-,34-,44-/m0/s1. The van der Waals surface area contributed by atoms with Crippen molar-refractivity contribution >= 4 is 52.6 Å². The minimum Gasteiger partial charge on any atom is -0.458 e. The zero-order chi connectivity index (χ0) is 45.9. The Morgan fingerprint density at radius 2 is 1.66 bits per heavy atom. The summed E-state index contributed by atoms with van der Waals surface area (Å²) in [6.07, 6.45) is 0.0783. The number of hydrogen-bond donors (Lipinski definition) is 6.